The molecule has 0 atom stereocenters. The highest BCUT2D eigenvalue weighted by molar-refractivity contribution is 9.10. The van der Waals surface area contributed by atoms with Crippen molar-refractivity contribution in [3.05, 3.63) is 40.8 Å². The molecule has 0 aliphatic rings. The number of imidazole rings is 1. The number of aromatic amines is 1. The summed E-state index contributed by atoms with van der Waals surface area (Å²) in [7, 11) is 0. The van der Waals surface area contributed by atoms with Gasteiger partial charge >= 0.3 is 0 Å². The van der Waals surface area contributed by atoms with Crippen molar-refractivity contribution < 1.29 is 9.21 Å². The van der Waals surface area contributed by atoms with Gasteiger partial charge in [-0.3, -0.25) is 4.79 Å². The van der Waals surface area contributed by atoms with Crippen molar-refractivity contribution in [3.63, 3.8) is 0 Å². The van der Waals surface area contributed by atoms with Crippen LogP contribution in [-0.2, 0) is 6.54 Å². The predicted molar refractivity (Wildman–Crippen MR) is 56.2 cm³/mol. The van der Waals surface area contributed by atoms with E-state index in [0.717, 1.165) is 5.69 Å². The van der Waals surface area contributed by atoms with Crippen LogP contribution in [0.4, 0.5) is 0 Å². The van der Waals surface area contributed by atoms with Crippen molar-refractivity contribution in [1.29, 1.82) is 0 Å². The van der Waals surface area contributed by atoms with E-state index in [4.69, 9.17) is 4.42 Å². The summed E-state index contributed by atoms with van der Waals surface area (Å²) in [4.78, 5) is 18.2. The summed E-state index contributed by atoms with van der Waals surface area (Å²) in [6.45, 7) is 0.400. The Bertz CT molecular complexity index is 450. The lowest BCUT2D eigenvalue weighted by Crippen LogP contribution is -2.22. The van der Waals surface area contributed by atoms with Gasteiger partial charge in [0.15, 0.2) is 10.4 Å². The number of hydrogen-bond donors (Lipinski definition) is 2. The Kier molecular flexibility index (Phi) is 2.86. The first-order valence-corrected chi connectivity index (χ1v) is 5.06. The van der Waals surface area contributed by atoms with Crippen molar-refractivity contribution in [2.24, 2.45) is 0 Å². The number of H-pyrrole nitrogens is 1. The molecule has 2 heterocycles. The second kappa shape index (κ2) is 4.31. The molecule has 2 rings (SSSR count). The van der Waals surface area contributed by atoms with Gasteiger partial charge in [0.1, 0.15) is 0 Å². The van der Waals surface area contributed by atoms with Gasteiger partial charge in [0.05, 0.1) is 18.6 Å². The molecule has 2 N–H and O–H groups in total. The number of nitrogens with one attached hydrogen (secondary N) is 2. The van der Waals surface area contributed by atoms with Crippen LogP contribution in [0.3, 0.4) is 0 Å². The zero-order valence-electron chi connectivity index (χ0n) is 7.66. The summed E-state index contributed by atoms with van der Waals surface area (Å²) in [5, 5.41) is 2.69. The van der Waals surface area contributed by atoms with E-state index in [1.54, 1.807) is 24.7 Å². The SMILES string of the molecule is O=C(NCc1cnc[nH]1)c1ccc(Br)o1. The first kappa shape index (κ1) is 9.97. The lowest BCUT2D eigenvalue weighted by atomic mass is 10.4. The standard InChI is InChI=1S/C9H8BrN3O2/c10-8-2-1-7(15-8)9(14)12-4-6-3-11-5-13-6/h1-3,5H,4H2,(H,11,13)(H,12,14). The van der Waals surface area contributed by atoms with E-state index in [9.17, 15) is 4.79 Å². The lowest BCUT2D eigenvalue weighted by Gasteiger charge is -1.99. The van der Waals surface area contributed by atoms with Gasteiger partial charge in [0, 0.05) is 6.20 Å². The Balaban J connectivity index is 1.93. The maximum absolute atomic E-state index is 11.5. The van der Waals surface area contributed by atoms with Gasteiger partial charge in [-0.25, -0.2) is 4.98 Å². The average molecular weight is 270 g/mol. The quantitative estimate of drug-likeness (QED) is 0.891. The number of hydrogen-bond acceptors (Lipinski definition) is 3. The van der Waals surface area contributed by atoms with Crippen molar-refractivity contribution >= 4 is 21.8 Å². The second-order valence-electron chi connectivity index (χ2n) is 2.86. The molecular weight excluding hydrogens is 262 g/mol. The molecule has 0 radical (unpaired) electrons. The highest BCUT2D eigenvalue weighted by Gasteiger charge is 2.09. The molecule has 0 fully saturated rings. The number of carbonyl (C=O) groups is 1. The van der Waals surface area contributed by atoms with E-state index in [2.05, 4.69) is 31.2 Å². The monoisotopic (exact) mass is 269 g/mol. The minimum Gasteiger partial charge on any atom is -0.444 e. The van der Waals surface area contributed by atoms with Crippen LogP contribution in [-0.4, -0.2) is 15.9 Å². The van der Waals surface area contributed by atoms with Crippen LogP contribution in [0.5, 0.6) is 0 Å². The molecule has 0 unspecified atom stereocenters. The van der Waals surface area contributed by atoms with E-state index in [0.29, 0.717) is 11.2 Å². The predicted octanol–water partition coefficient (Wildman–Crippen LogP) is 1.70. The number of amides is 1. The highest BCUT2D eigenvalue weighted by Crippen LogP contribution is 2.13. The molecule has 2 aromatic heterocycles. The van der Waals surface area contributed by atoms with Crippen LogP contribution in [0, 0.1) is 0 Å². The number of halogens is 1. The Morgan fingerprint density at radius 2 is 2.47 bits per heavy atom. The van der Waals surface area contributed by atoms with Crippen molar-refractivity contribution in [1.82, 2.24) is 15.3 Å². The number of aromatic nitrogens is 2. The maximum atomic E-state index is 11.5. The van der Waals surface area contributed by atoms with Gasteiger partial charge in [0.25, 0.3) is 5.91 Å². The fourth-order valence-electron chi connectivity index (χ4n) is 1.08. The number of furan rings is 1. The zero-order valence-corrected chi connectivity index (χ0v) is 9.24. The van der Waals surface area contributed by atoms with Crippen molar-refractivity contribution in [3.8, 4) is 0 Å². The Hall–Kier alpha value is -1.56. The van der Waals surface area contributed by atoms with E-state index in [-0.39, 0.29) is 11.7 Å². The molecule has 1 amide bonds. The molecule has 78 valence electrons. The molecule has 5 nitrogen and oxygen atoms in total. The Labute approximate surface area is 94.0 Å². The van der Waals surface area contributed by atoms with E-state index < -0.39 is 0 Å². The number of nitrogens with zero attached hydrogens (tertiary/aromatic N) is 1. The molecule has 0 saturated heterocycles. The van der Waals surface area contributed by atoms with Crippen LogP contribution in [0.1, 0.15) is 16.2 Å². The smallest absolute Gasteiger partial charge is 0.287 e. The molecule has 6 heteroatoms. The molecule has 15 heavy (non-hydrogen) atoms. The maximum Gasteiger partial charge on any atom is 0.287 e. The minimum atomic E-state index is -0.254. The summed E-state index contributed by atoms with van der Waals surface area (Å²) < 4.78 is 5.63. The van der Waals surface area contributed by atoms with Gasteiger partial charge in [-0.1, -0.05) is 0 Å². The van der Waals surface area contributed by atoms with Gasteiger partial charge in [0.2, 0.25) is 0 Å². The summed E-state index contributed by atoms with van der Waals surface area (Å²) in [5.41, 5.74) is 0.842. The molecule has 0 saturated carbocycles. The third-order valence-electron chi connectivity index (χ3n) is 1.79. The van der Waals surface area contributed by atoms with E-state index in [1.165, 1.54) is 0 Å². The van der Waals surface area contributed by atoms with Crippen molar-refractivity contribution in [2.45, 2.75) is 6.54 Å². The fourth-order valence-corrected chi connectivity index (χ4v) is 1.39. The first-order valence-electron chi connectivity index (χ1n) is 4.26. The van der Waals surface area contributed by atoms with E-state index in [1.807, 2.05) is 0 Å². The summed E-state index contributed by atoms with van der Waals surface area (Å²) in [6.07, 6.45) is 3.21. The molecule has 2 aromatic rings. The molecular formula is C9H8BrN3O2. The third kappa shape index (κ3) is 2.47. The van der Waals surface area contributed by atoms with Crippen LogP contribution in [0.25, 0.3) is 0 Å². The average Bonchev–Trinajstić information content (AvgIpc) is 2.84. The zero-order chi connectivity index (χ0) is 10.7. The topological polar surface area (TPSA) is 70.9 Å². The van der Waals surface area contributed by atoms with Gasteiger partial charge in [-0.15, -0.1) is 0 Å². The van der Waals surface area contributed by atoms with Crippen LogP contribution < -0.4 is 5.32 Å². The van der Waals surface area contributed by atoms with Crippen LogP contribution in [0.15, 0.2) is 33.7 Å². The molecule has 0 aliphatic heterocycles. The van der Waals surface area contributed by atoms with Crippen LogP contribution >= 0.6 is 15.9 Å². The molecule has 0 bridgehead atoms. The number of rotatable bonds is 3. The Morgan fingerprint density at radius 1 is 1.60 bits per heavy atom. The first-order chi connectivity index (χ1) is 7.25. The molecule has 0 aromatic carbocycles. The second-order valence-corrected chi connectivity index (χ2v) is 3.64. The summed E-state index contributed by atoms with van der Waals surface area (Å²) >= 11 is 3.13. The van der Waals surface area contributed by atoms with E-state index >= 15 is 0 Å². The normalized spacial score (nSPS) is 10.2. The van der Waals surface area contributed by atoms with Gasteiger partial charge in [-0.2, -0.15) is 0 Å². The minimum absolute atomic E-state index is 0.254. The van der Waals surface area contributed by atoms with Gasteiger partial charge in [-0.05, 0) is 28.1 Å². The largest absolute Gasteiger partial charge is 0.444 e. The molecule has 0 spiro atoms. The van der Waals surface area contributed by atoms with Crippen LogP contribution in [0.2, 0.25) is 0 Å². The fraction of sp³-hybridized carbons (Fsp3) is 0.111. The molecule has 0 aliphatic carbocycles. The Morgan fingerprint density at radius 3 is 3.07 bits per heavy atom. The summed E-state index contributed by atoms with van der Waals surface area (Å²) in [6, 6.07) is 3.28. The highest BCUT2D eigenvalue weighted by atomic mass is 79.9. The lowest BCUT2D eigenvalue weighted by molar-refractivity contribution is 0.0921. The summed E-state index contributed by atoms with van der Waals surface area (Å²) in [5.74, 6) is 0.0247. The van der Waals surface area contributed by atoms with Crippen molar-refractivity contribution in [2.75, 3.05) is 0 Å². The third-order valence-corrected chi connectivity index (χ3v) is 2.22. The number of carbonyl (C=O) groups excluding carboxylic acids is 1. The van der Waals surface area contributed by atoms with Gasteiger partial charge < -0.3 is 14.7 Å².